The molecule has 0 aromatic carbocycles. The molecule has 2 saturated heterocycles. The van der Waals surface area contributed by atoms with Gasteiger partial charge in [-0.15, -0.1) is 0 Å². The zero-order valence-electron chi connectivity index (χ0n) is 21.9. The summed E-state index contributed by atoms with van der Waals surface area (Å²) in [5.74, 6) is -0.751. The molecular weight excluding hydrogens is 489 g/mol. The van der Waals surface area contributed by atoms with Crippen LogP contribution < -0.4 is 32.3 Å². The highest BCUT2D eigenvalue weighted by Crippen LogP contribution is 2.40. The maximum atomic E-state index is 12.9. The highest BCUT2D eigenvalue weighted by atomic mass is 19.4. The Morgan fingerprint density at radius 3 is 2.51 bits per heavy atom. The fourth-order valence-electron chi connectivity index (χ4n) is 6.15. The van der Waals surface area contributed by atoms with Crippen molar-refractivity contribution in [3.8, 4) is 0 Å². The number of hydrazine groups is 1. The molecule has 0 aromatic heterocycles. The number of amides is 2. The largest absolute Gasteiger partial charge is 0.391 e. The molecule has 4 aliphatic rings. The molecule has 0 bridgehead atoms. The molecule has 2 saturated carbocycles. The van der Waals surface area contributed by atoms with Gasteiger partial charge >= 0.3 is 6.18 Å². The second kappa shape index (κ2) is 12.1. The van der Waals surface area contributed by atoms with Crippen LogP contribution in [0, 0.1) is 29.1 Å². The van der Waals surface area contributed by atoms with Crippen LogP contribution in [0.3, 0.4) is 0 Å². The number of halogens is 3. The number of fused-ring (bicyclic) bond motifs is 1. The van der Waals surface area contributed by atoms with Crippen molar-refractivity contribution >= 4 is 11.8 Å². The van der Waals surface area contributed by atoms with E-state index in [0.29, 0.717) is 32.4 Å². The first-order valence-electron chi connectivity index (χ1n) is 13.8. The molecule has 212 valence electrons. The molecular formula is C25H43F3N6O3. The van der Waals surface area contributed by atoms with E-state index in [1.165, 1.54) is 0 Å². The Balaban J connectivity index is 1.11. The van der Waals surface area contributed by atoms with Gasteiger partial charge in [-0.25, -0.2) is 5.43 Å². The number of hydrogen-bond donors (Lipinski definition) is 6. The van der Waals surface area contributed by atoms with E-state index in [9.17, 15) is 22.8 Å². The first kappa shape index (κ1) is 28.5. The zero-order valence-corrected chi connectivity index (χ0v) is 21.9. The summed E-state index contributed by atoms with van der Waals surface area (Å²) in [7, 11) is 0. The number of hydroxylamine groups is 1. The van der Waals surface area contributed by atoms with Crippen LogP contribution in [-0.2, 0) is 14.4 Å². The normalized spacial score (nSPS) is 35.1. The number of carbonyl (C=O) groups is 2. The van der Waals surface area contributed by atoms with Crippen molar-refractivity contribution in [3.63, 3.8) is 0 Å². The first-order chi connectivity index (χ1) is 17.5. The Morgan fingerprint density at radius 1 is 1.05 bits per heavy atom. The fraction of sp³-hybridized carbons (Fsp3) is 0.920. The molecule has 5 unspecified atom stereocenters. The lowest BCUT2D eigenvalue weighted by Crippen LogP contribution is -2.65. The van der Waals surface area contributed by atoms with Crippen molar-refractivity contribution in [3.05, 3.63) is 0 Å². The molecule has 5 atom stereocenters. The molecule has 0 spiro atoms. The molecule has 12 heteroatoms. The van der Waals surface area contributed by atoms with Gasteiger partial charge in [0.05, 0.1) is 18.2 Å². The van der Waals surface area contributed by atoms with Gasteiger partial charge in [-0.05, 0) is 56.3 Å². The smallest absolute Gasteiger partial charge is 0.356 e. The molecule has 4 rings (SSSR count). The van der Waals surface area contributed by atoms with Gasteiger partial charge in [0.1, 0.15) is 6.23 Å². The lowest BCUT2D eigenvalue weighted by atomic mass is 9.76. The van der Waals surface area contributed by atoms with Crippen molar-refractivity contribution in [1.29, 1.82) is 0 Å². The van der Waals surface area contributed by atoms with E-state index >= 15 is 0 Å². The highest BCUT2D eigenvalue weighted by Gasteiger charge is 2.44. The van der Waals surface area contributed by atoms with Crippen LogP contribution in [0.25, 0.3) is 0 Å². The fourth-order valence-corrected chi connectivity index (χ4v) is 6.15. The Hall–Kier alpha value is -1.47. The Labute approximate surface area is 217 Å². The summed E-state index contributed by atoms with van der Waals surface area (Å²) < 4.78 is 38.7. The number of nitrogens with one attached hydrogen (secondary N) is 6. The SMILES string of the molecule is CC(C)(CNC(=O)CCC1NC(C2CCC(C(F)(F)F)CC2)NO1)CNC1NNC(=O)C2CCCCC12. The van der Waals surface area contributed by atoms with Crippen LogP contribution >= 0.6 is 0 Å². The summed E-state index contributed by atoms with van der Waals surface area (Å²) in [6.07, 6.45) is 1.64. The first-order valence-corrected chi connectivity index (χ1v) is 13.8. The second-order valence-corrected chi connectivity index (χ2v) is 12.0. The van der Waals surface area contributed by atoms with Gasteiger partial charge in [0.2, 0.25) is 11.8 Å². The minimum atomic E-state index is -4.11. The van der Waals surface area contributed by atoms with Crippen molar-refractivity contribution in [1.82, 2.24) is 32.3 Å². The third-order valence-corrected chi connectivity index (χ3v) is 8.54. The van der Waals surface area contributed by atoms with E-state index in [2.05, 4.69) is 46.1 Å². The van der Waals surface area contributed by atoms with E-state index < -0.39 is 12.1 Å². The third kappa shape index (κ3) is 7.78. The maximum Gasteiger partial charge on any atom is 0.391 e. The number of rotatable bonds is 9. The number of alkyl halides is 3. The molecule has 4 fully saturated rings. The predicted octanol–water partition coefficient (Wildman–Crippen LogP) is 2.41. The standard InChI is InChI=1S/C25H43F3N6O3/c1-24(2,14-30-22-17-5-3-4-6-18(17)23(36)33-32-22)13-29-19(35)11-12-20-31-21(34-37-20)15-7-9-16(10-8-15)25(26,27)28/h15-18,20-22,30-32,34H,3-14H2,1-2H3,(H,29,35)(H,33,36). The third-order valence-electron chi connectivity index (χ3n) is 8.54. The second-order valence-electron chi connectivity index (χ2n) is 12.0. The van der Waals surface area contributed by atoms with Gasteiger partial charge in [-0.1, -0.05) is 26.7 Å². The summed E-state index contributed by atoms with van der Waals surface area (Å²) in [6, 6.07) is 0. The van der Waals surface area contributed by atoms with Crippen molar-refractivity contribution in [2.45, 2.75) is 103 Å². The topological polar surface area (TPSA) is 116 Å². The molecule has 9 nitrogen and oxygen atoms in total. The molecule has 2 heterocycles. The highest BCUT2D eigenvalue weighted by molar-refractivity contribution is 5.79. The van der Waals surface area contributed by atoms with E-state index in [1.54, 1.807) is 0 Å². The summed E-state index contributed by atoms with van der Waals surface area (Å²) in [6.45, 7) is 5.36. The van der Waals surface area contributed by atoms with Crippen molar-refractivity contribution in [2.75, 3.05) is 13.1 Å². The number of carbonyl (C=O) groups excluding carboxylic acids is 2. The van der Waals surface area contributed by atoms with Crippen LogP contribution in [0.4, 0.5) is 13.2 Å². The lowest BCUT2D eigenvalue weighted by Gasteiger charge is -2.42. The summed E-state index contributed by atoms with van der Waals surface area (Å²) in [5.41, 5.74) is 8.65. The molecule has 0 radical (unpaired) electrons. The predicted molar refractivity (Wildman–Crippen MR) is 131 cm³/mol. The summed E-state index contributed by atoms with van der Waals surface area (Å²) in [5, 5.41) is 9.85. The summed E-state index contributed by atoms with van der Waals surface area (Å²) >= 11 is 0. The number of hydrogen-bond acceptors (Lipinski definition) is 7. The molecule has 2 amide bonds. The van der Waals surface area contributed by atoms with Gasteiger partial charge in [0.25, 0.3) is 0 Å². The Kier molecular flexibility index (Phi) is 9.37. The summed E-state index contributed by atoms with van der Waals surface area (Å²) in [4.78, 5) is 30.2. The molecule has 0 aromatic rings. The van der Waals surface area contributed by atoms with Crippen LogP contribution in [0.2, 0.25) is 0 Å². The van der Waals surface area contributed by atoms with Gasteiger partial charge in [-0.2, -0.15) is 18.7 Å². The minimum absolute atomic E-state index is 0.0209. The molecule has 6 N–H and O–H groups in total. The van der Waals surface area contributed by atoms with Crippen LogP contribution in [-0.4, -0.2) is 49.6 Å². The average molecular weight is 533 g/mol. The average Bonchev–Trinajstić information content (AvgIpc) is 3.35. The monoisotopic (exact) mass is 532 g/mol. The maximum absolute atomic E-state index is 12.9. The van der Waals surface area contributed by atoms with Gasteiger partial charge in [0.15, 0.2) is 0 Å². The van der Waals surface area contributed by atoms with Crippen LogP contribution in [0.15, 0.2) is 0 Å². The van der Waals surface area contributed by atoms with E-state index in [-0.39, 0.29) is 72.8 Å². The Bertz CT molecular complexity index is 790. The minimum Gasteiger partial charge on any atom is -0.356 e. The van der Waals surface area contributed by atoms with E-state index in [1.807, 2.05) is 0 Å². The van der Waals surface area contributed by atoms with Gasteiger partial charge < -0.3 is 5.32 Å². The van der Waals surface area contributed by atoms with E-state index in [4.69, 9.17) is 4.84 Å². The van der Waals surface area contributed by atoms with Crippen molar-refractivity contribution < 1.29 is 27.6 Å². The van der Waals surface area contributed by atoms with E-state index in [0.717, 1.165) is 25.7 Å². The molecule has 37 heavy (non-hydrogen) atoms. The van der Waals surface area contributed by atoms with Gasteiger partial charge in [0, 0.05) is 31.3 Å². The zero-order chi connectivity index (χ0) is 26.6. The van der Waals surface area contributed by atoms with Crippen LogP contribution in [0.1, 0.15) is 78.1 Å². The van der Waals surface area contributed by atoms with Crippen molar-refractivity contribution in [2.24, 2.45) is 29.1 Å². The Morgan fingerprint density at radius 2 is 1.78 bits per heavy atom. The molecule has 2 aliphatic carbocycles. The molecule has 2 aliphatic heterocycles. The van der Waals surface area contributed by atoms with Gasteiger partial charge in [-0.3, -0.25) is 30.5 Å². The quantitative estimate of drug-likeness (QED) is 0.270. The lowest BCUT2D eigenvalue weighted by molar-refractivity contribution is -0.184. The van der Waals surface area contributed by atoms with Crippen LogP contribution in [0.5, 0.6) is 0 Å².